The molecule has 1 amide bonds. The number of para-hydroxylation sites is 1. The summed E-state index contributed by atoms with van der Waals surface area (Å²) < 4.78 is 1.56. The second-order valence-corrected chi connectivity index (χ2v) is 6.22. The molecule has 0 atom stereocenters. The standard InChI is InChI=1S/C17H21N3O3/c1-12-10-14(21)15(16(22)19(4)11-17(2,3)23)18-20(12)13-8-6-5-7-9-13/h5-10,23H,11H2,1-4H3. The van der Waals surface area contributed by atoms with Crippen molar-refractivity contribution in [2.24, 2.45) is 0 Å². The highest BCUT2D eigenvalue weighted by Gasteiger charge is 2.24. The highest BCUT2D eigenvalue weighted by molar-refractivity contribution is 5.92. The average Bonchev–Trinajstić information content (AvgIpc) is 2.46. The largest absolute Gasteiger partial charge is 0.389 e. The fraction of sp³-hybridized carbons (Fsp3) is 0.353. The number of carbonyl (C=O) groups excluding carboxylic acids is 1. The van der Waals surface area contributed by atoms with E-state index in [4.69, 9.17) is 0 Å². The van der Waals surface area contributed by atoms with Crippen LogP contribution in [0.5, 0.6) is 0 Å². The number of aliphatic hydroxyl groups is 1. The van der Waals surface area contributed by atoms with Crippen LogP contribution in [0.4, 0.5) is 0 Å². The molecule has 6 nitrogen and oxygen atoms in total. The van der Waals surface area contributed by atoms with Gasteiger partial charge in [0.25, 0.3) is 5.91 Å². The van der Waals surface area contributed by atoms with E-state index in [1.54, 1.807) is 25.5 Å². The van der Waals surface area contributed by atoms with E-state index in [0.29, 0.717) is 5.69 Å². The van der Waals surface area contributed by atoms with E-state index in [1.807, 2.05) is 30.3 Å². The number of aromatic nitrogens is 2. The minimum atomic E-state index is -1.05. The molecule has 0 aliphatic rings. The number of nitrogens with zero attached hydrogens (tertiary/aromatic N) is 3. The van der Waals surface area contributed by atoms with Crippen LogP contribution in [0.2, 0.25) is 0 Å². The lowest BCUT2D eigenvalue weighted by Crippen LogP contribution is -2.42. The molecule has 1 aromatic heterocycles. The van der Waals surface area contributed by atoms with Gasteiger partial charge in [-0.3, -0.25) is 9.59 Å². The molecular weight excluding hydrogens is 294 g/mol. The first-order valence-electron chi connectivity index (χ1n) is 7.33. The normalized spacial score (nSPS) is 11.3. The van der Waals surface area contributed by atoms with Gasteiger partial charge in [0, 0.05) is 25.4 Å². The van der Waals surface area contributed by atoms with E-state index in [1.165, 1.54) is 18.0 Å². The van der Waals surface area contributed by atoms with Gasteiger partial charge in [-0.15, -0.1) is 0 Å². The average molecular weight is 315 g/mol. The third kappa shape index (κ3) is 4.04. The molecule has 0 radical (unpaired) electrons. The summed E-state index contributed by atoms with van der Waals surface area (Å²) in [6.45, 7) is 5.06. The Hall–Kier alpha value is -2.47. The van der Waals surface area contributed by atoms with Gasteiger partial charge in [-0.1, -0.05) is 18.2 Å². The highest BCUT2D eigenvalue weighted by atomic mass is 16.3. The zero-order valence-electron chi connectivity index (χ0n) is 13.8. The number of amides is 1. The lowest BCUT2D eigenvalue weighted by molar-refractivity contribution is 0.0363. The first-order valence-corrected chi connectivity index (χ1v) is 7.33. The predicted molar refractivity (Wildman–Crippen MR) is 87.8 cm³/mol. The highest BCUT2D eigenvalue weighted by Crippen LogP contribution is 2.10. The minimum Gasteiger partial charge on any atom is -0.389 e. The molecule has 0 saturated carbocycles. The van der Waals surface area contributed by atoms with Gasteiger partial charge in [0.2, 0.25) is 5.43 Å². The molecule has 2 rings (SSSR count). The van der Waals surface area contributed by atoms with Crippen molar-refractivity contribution in [1.29, 1.82) is 0 Å². The molecule has 0 aliphatic carbocycles. The maximum Gasteiger partial charge on any atom is 0.278 e. The molecule has 0 spiro atoms. The first-order chi connectivity index (χ1) is 10.7. The first kappa shape index (κ1) is 16.9. The molecule has 0 bridgehead atoms. The van der Waals surface area contributed by atoms with Crippen LogP contribution in [-0.2, 0) is 0 Å². The van der Waals surface area contributed by atoms with Gasteiger partial charge in [0.05, 0.1) is 11.3 Å². The molecule has 0 unspecified atom stereocenters. The summed E-state index contributed by atoms with van der Waals surface area (Å²) in [5.74, 6) is -0.512. The number of carbonyl (C=O) groups is 1. The number of rotatable bonds is 4. The van der Waals surface area contributed by atoms with Gasteiger partial charge in [-0.05, 0) is 32.9 Å². The Balaban J connectivity index is 2.44. The van der Waals surface area contributed by atoms with E-state index < -0.39 is 16.9 Å². The van der Waals surface area contributed by atoms with Crippen molar-refractivity contribution >= 4 is 5.91 Å². The number of hydrogen-bond donors (Lipinski definition) is 1. The van der Waals surface area contributed by atoms with Crippen molar-refractivity contribution in [3.63, 3.8) is 0 Å². The number of likely N-dealkylation sites (N-methyl/N-ethyl adjacent to an activating group) is 1. The van der Waals surface area contributed by atoms with Crippen LogP contribution in [0.3, 0.4) is 0 Å². The monoisotopic (exact) mass is 315 g/mol. The van der Waals surface area contributed by atoms with E-state index >= 15 is 0 Å². The van der Waals surface area contributed by atoms with Crippen LogP contribution in [0, 0.1) is 6.92 Å². The summed E-state index contributed by atoms with van der Waals surface area (Å²) in [6.07, 6.45) is 0. The van der Waals surface area contributed by atoms with Crippen molar-refractivity contribution in [3.05, 3.63) is 58.0 Å². The fourth-order valence-corrected chi connectivity index (χ4v) is 2.36. The second-order valence-electron chi connectivity index (χ2n) is 6.22. The Morgan fingerprint density at radius 3 is 2.48 bits per heavy atom. The van der Waals surface area contributed by atoms with E-state index in [0.717, 1.165) is 5.69 Å². The maximum absolute atomic E-state index is 12.5. The molecule has 122 valence electrons. The summed E-state index contributed by atoms with van der Waals surface area (Å²) in [4.78, 5) is 25.9. The molecule has 0 aliphatic heterocycles. The summed E-state index contributed by atoms with van der Waals surface area (Å²) in [5, 5.41) is 14.1. The fourth-order valence-electron chi connectivity index (χ4n) is 2.36. The Labute approximate surface area is 135 Å². The Morgan fingerprint density at radius 2 is 1.91 bits per heavy atom. The van der Waals surface area contributed by atoms with E-state index in [2.05, 4.69) is 5.10 Å². The minimum absolute atomic E-state index is 0.103. The summed E-state index contributed by atoms with van der Waals surface area (Å²) >= 11 is 0. The molecule has 6 heteroatoms. The zero-order chi connectivity index (χ0) is 17.2. The van der Waals surface area contributed by atoms with Crippen LogP contribution in [0.25, 0.3) is 5.69 Å². The molecule has 1 heterocycles. The van der Waals surface area contributed by atoms with Crippen molar-refractivity contribution in [2.45, 2.75) is 26.4 Å². The van der Waals surface area contributed by atoms with Gasteiger partial charge in [0.1, 0.15) is 0 Å². The van der Waals surface area contributed by atoms with Crippen molar-refractivity contribution in [2.75, 3.05) is 13.6 Å². The topological polar surface area (TPSA) is 75.4 Å². The van der Waals surface area contributed by atoms with Crippen LogP contribution in [-0.4, -0.2) is 44.9 Å². The van der Waals surface area contributed by atoms with E-state index in [-0.39, 0.29) is 12.2 Å². The summed E-state index contributed by atoms with van der Waals surface area (Å²) in [5.41, 5.74) is -0.228. The lowest BCUT2D eigenvalue weighted by Gasteiger charge is -2.25. The quantitative estimate of drug-likeness (QED) is 0.925. The molecule has 0 fully saturated rings. The van der Waals surface area contributed by atoms with Crippen LogP contribution in [0.1, 0.15) is 30.0 Å². The van der Waals surface area contributed by atoms with Gasteiger partial charge in [-0.25, -0.2) is 4.68 Å². The van der Waals surface area contributed by atoms with Crippen LogP contribution < -0.4 is 5.43 Å². The Kier molecular flexibility index (Phi) is 4.65. The van der Waals surface area contributed by atoms with Crippen LogP contribution >= 0.6 is 0 Å². The number of benzene rings is 1. The molecular formula is C17H21N3O3. The molecule has 2 aromatic rings. The second kappa shape index (κ2) is 6.34. The van der Waals surface area contributed by atoms with Gasteiger partial charge >= 0.3 is 0 Å². The van der Waals surface area contributed by atoms with Crippen molar-refractivity contribution in [1.82, 2.24) is 14.7 Å². The van der Waals surface area contributed by atoms with E-state index in [9.17, 15) is 14.7 Å². The smallest absolute Gasteiger partial charge is 0.278 e. The zero-order valence-corrected chi connectivity index (χ0v) is 13.8. The van der Waals surface area contributed by atoms with Gasteiger partial charge < -0.3 is 10.0 Å². The Bertz CT molecular complexity index is 761. The third-order valence-electron chi connectivity index (χ3n) is 3.28. The molecule has 0 saturated heterocycles. The number of hydrogen-bond acceptors (Lipinski definition) is 4. The summed E-state index contributed by atoms with van der Waals surface area (Å²) in [7, 11) is 1.54. The molecule has 1 N–H and O–H groups in total. The molecule has 23 heavy (non-hydrogen) atoms. The SMILES string of the molecule is Cc1cc(=O)c(C(=O)N(C)CC(C)(C)O)nn1-c1ccccc1. The maximum atomic E-state index is 12.5. The van der Waals surface area contributed by atoms with Gasteiger partial charge in [0.15, 0.2) is 5.69 Å². The Morgan fingerprint density at radius 1 is 1.30 bits per heavy atom. The molecule has 1 aromatic carbocycles. The number of aryl methyl sites for hydroxylation is 1. The van der Waals surface area contributed by atoms with Gasteiger partial charge in [-0.2, -0.15) is 5.10 Å². The van der Waals surface area contributed by atoms with Crippen molar-refractivity contribution < 1.29 is 9.90 Å². The predicted octanol–water partition coefficient (Wildman–Crippen LogP) is 1.38. The van der Waals surface area contributed by atoms with Crippen LogP contribution in [0.15, 0.2) is 41.2 Å². The van der Waals surface area contributed by atoms with Crippen molar-refractivity contribution in [3.8, 4) is 5.69 Å². The third-order valence-corrected chi connectivity index (χ3v) is 3.28. The summed E-state index contributed by atoms with van der Waals surface area (Å²) in [6, 6.07) is 10.7. The lowest BCUT2D eigenvalue weighted by atomic mass is 10.1.